The first-order valence-electron chi connectivity index (χ1n) is 7.46. The van der Waals surface area contributed by atoms with E-state index in [9.17, 15) is 4.79 Å². The standard InChI is InChI=1S/C18H18N2OS/c21-17(13-14-7-2-1-3-8-14)19-12-6-11-18-20-15-9-4-5-10-16(15)22-18/h1-5,7-10H,6,11-13H2,(H,19,21). The molecule has 1 N–H and O–H groups in total. The quantitative estimate of drug-likeness (QED) is 0.707. The lowest BCUT2D eigenvalue weighted by molar-refractivity contribution is -0.120. The van der Waals surface area contributed by atoms with Gasteiger partial charge in [0.05, 0.1) is 21.6 Å². The molecule has 0 saturated carbocycles. The van der Waals surface area contributed by atoms with Gasteiger partial charge >= 0.3 is 0 Å². The van der Waals surface area contributed by atoms with Crippen molar-refractivity contribution < 1.29 is 4.79 Å². The molecule has 0 aliphatic carbocycles. The molecule has 1 aromatic heterocycles. The summed E-state index contributed by atoms with van der Waals surface area (Å²) in [5, 5.41) is 4.11. The zero-order valence-electron chi connectivity index (χ0n) is 12.3. The number of hydrogen-bond acceptors (Lipinski definition) is 3. The van der Waals surface area contributed by atoms with Crippen molar-refractivity contribution in [1.82, 2.24) is 10.3 Å². The zero-order chi connectivity index (χ0) is 15.2. The lowest BCUT2D eigenvalue weighted by Gasteiger charge is -2.04. The van der Waals surface area contributed by atoms with Gasteiger partial charge in [0.15, 0.2) is 0 Å². The van der Waals surface area contributed by atoms with Crippen molar-refractivity contribution in [3.63, 3.8) is 0 Å². The lowest BCUT2D eigenvalue weighted by atomic mass is 10.1. The van der Waals surface area contributed by atoms with Crippen LogP contribution in [0.4, 0.5) is 0 Å². The van der Waals surface area contributed by atoms with Gasteiger partial charge in [-0.25, -0.2) is 4.98 Å². The fourth-order valence-corrected chi connectivity index (χ4v) is 3.35. The fraction of sp³-hybridized carbons (Fsp3) is 0.222. The summed E-state index contributed by atoms with van der Waals surface area (Å²) in [6.45, 7) is 0.696. The number of nitrogens with zero attached hydrogens (tertiary/aromatic N) is 1. The predicted molar refractivity (Wildman–Crippen MR) is 91.1 cm³/mol. The van der Waals surface area contributed by atoms with Crippen LogP contribution in [0.15, 0.2) is 54.6 Å². The van der Waals surface area contributed by atoms with Gasteiger partial charge in [0.2, 0.25) is 5.91 Å². The molecule has 3 rings (SSSR count). The van der Waals surface area contributed by atoms with Crippen LogP contribution in [0.2, 0.25) is 0 Å². The molecule has 0 aliphatic rings. The van der Waals surface area contributed by atoms with Gasteiger partial charge in [-0.05, 0) is 24.1 Å². The molecule has 1 heterocycles. The number of aromatic nitrogens is 1. The summed E-state index contributed by atoms with van der Waals surface area (Å²) in [4.78, 5) is 16.4. The van der Waals surface area contributed by atoms with Crippen LogP contribution in [-0.4, -0.2) is 17.4 Å². The molecule has 0 bridgehead atoms. The van der Waals surface area contributed by atoms with Crippen molar-refractivity contribution in [2.24, 2.45) is 0 Å². The number of fused-ring (bicyclic) bond motifs is 1. The Hall–Kier alpha value is -2.20. The molecule has 0 aliphatic heterocycles. The molecule has 3 nitrogen and oxygen atoms in total. The van der Waals surface area contributed by atoms with Gasteiger partial charge in [0, 0.05) is 13.0 Å². The van der Waals surface area contributed by atoms with E-state index in [0.29, 0.717) is 13.0 Å². The van der Waals surface area contributed by atoms with E-state index in [0.717, 1.165) is 28.9 Å². The van der Waals surface area contributed by atoms with Crippen molar-refractivity contribution in [2.75, 3.05) is 6.54 Å². The molecular formula is C18H18N2OS. The van der Waals surface area contributed by atoms with Crippen LogP contribution in [0.25, 0.3) is 10.2 Å². The number of carbonyl (C=O) groups is 1. The van der Waals surface area contributed by atoms with E-state index in [1.807, 2.05) is 48.5 Å². The number of hydrogen-bond donors (Lipinski definition) is 1. The van der Waals surface area contributed by atoms with Gasteiger partial charge < -0.3 is 5.32 Å². The molecule has 0 radical (unpaired) electrons. The van der Waals surface area contributed by atoms with E-state index in [1.54, 1.807) is 11.3 Å². The number of amides is 1. The van der Waals surface area contributed by atoms with Gasteiger partial charge in [0.25, 0.3) is 0 Å². The Labute approximate surface area is 134 Å². The predicted octanol–water partition coefficient (Wildman–Crippen LogP) is 3.59. The number of nitrogens with one attached hydrogen (secondary N) is 1. The molecule has 2 aromatic carbocycles. The number of carbonyl (C=O) groups excluding carboxylic acids is 1. The second-order valence-electron chi connectivity index (χ2n) is 5.19. The number of benzene rings is 2. The van der Waals surface area contributed by atoms with E-state index >= 15 is 0 Å². The summed E-state index contributed by atoms with van der Waals surface area (Å²) >= 11 is 1.73. The van der Waals surface area contributed by atoms with Crippen LogP contribution in [-0.2, 0) is 17.6 Å². The van der Waals surface area contributed by atoms with Crippen LogP contribution in [0.1, 0.15) is 17.0 Å². The third kappa shape index (κ3) is 3.92. The summed E-state index contributed by atoms with van der Waals surface area (Å²) < 4.78 is 1.23. The second kappa shape index (κ2) is 7.18. The van der Waals surface area contributed by atoms with Crippen molar-refractivity contribution >= 4 is 27.5 Å². The highest BCUT2D eigenvalue weighted by atomic mass is 32.1. The maximum absolute atomic E-state index is 11.8. The van der Waals surface area contributed by atoms with Crippen LogP contribution in [0.3, 0.4) is 0 Å². The van der Waals surface area contributed by atoms with Gasteiger partial charge in [-0.3, -0.25) is 4.79 Å². The third-order valence-corrected chi connectivity index (χ3v) is 4.53. The van der Waals surface area contributed by atoms with Crippen molar-refractivity contribution in [3.05, 3.63) is 65.2 Å². The number of aryl methyl sites for hydroxylation is 1. The van der Waals surface area contributed by atoms with Crippen molar-refractivity contribution in [2.45, 2.75) is 19.3 Å². The molecule has 22 heavy (non-hydrogen) atoms. The molecule has 0 spiro atoms. The van der Waals surface area contributed by atoms with E-state index in [-0.39, 0.29) is 5.91 Å². The molecule has 112 valence electrons. The summed E-state index contributed by atoms with van der Waals surface area (Å²) in [6.07, 6.45) is 2.27. The van der Waals surface area contributed by atoms with E-state index in [4.69, 9.17) is 0 Å². The first-order chi connectivity index (χ1) is 10.8. The Kier molecular flexibility index (Phi) is 4.81. The lowest BCUT2D eigenvalue weighted by Crippen LogP contribution is -2.26. The minimum absolute atomic E-state index is 0.0792. The first kappa shape index (κ1) is 14.7. The van der Waals surface area contributed by atoms with Crippen LogP contribution < -0.4 is 5.32 Å². The highest BCUT2D eigenvalue weighted by molar-refractivity contribution is 7.18. The Morgan fingerprint density at radius 3 is 2.64 bits per heavy atom. The molecule has 1 amide bonds. The SMILES string of the molecule is O=C(Cc1ccccc1)NCCCc1nc2ccccc2s1. The Balaban J connectivity index is 1.42. The third-order valence-electron chi connectivity index (χ3n) is 3.44. The molecule has 0 unspecified atom stereocenters. The number of para-hydroxylation sites is 1. The van der Waals surface area contributed by atoms with Crippen molar-refractivity contribution in [1.29, 1.82) is 0 Å². The molecular weight excluding hydrogens is 292 g/mol. The van der Waals surface area contributed by atoms with Crippen LogP contribution in [0, 0.1) is 0 Å². The fourth-order valence-electron chi connectivity index (χ4n) is 2.34. The highest BCUT2D eigenvalue weighted by Crippen LogP contribution is 2.22. The van der Waals surface area contributed by atoms with Gasteiger partial charge in [-0.2, -0.15) is 0 Å². The topological polar surface area (TPSA) is 42.0 Å². The molecule has 0 saturated heterocycles. The van der Waals surface area contributed by atoms with Crippen molar-refractivity contribution in [3.8, 4) is 0 Å². The van der Waals surface area contributed by atoms with E-state index in [1.165, 1.54) is 4.70 Å². The summed E-state index contributed by atoms with van der Waals surface area (Å²) in [6, 6.07) is 18.0. The number of rotatable bonds is 6. The Morgan fingerprint density at radius 1 is 1.05 bits per heavy atom. The number of thiazole rings is 1. The largest absolute Gasteiger partial charge is 0.356 e. The van der Waals surface area contributed by atoms with Crippen LogP contribution >= 0.6 is 11.3 Å². The molecule has 4 heteroatoms. The Bertz CT molecular complexity index is 719. The van der Waals surface area contributed by atoms with E-state index in [2.05, 4.69) is 16.4 Å². The van der Waals surface area contributed by atoms with Gasteiger partial charge in [-0.15, -0.1) is 11.3 Å². The highest BCUT2D eigenvalue weighted by Gasteiger charge is 2.04. The summed E-state index contributed by atoms with van der Waals surface area (Å²) in [5.41, 5.74) is 2.11. The molecule has 3 aromatic rings. The second-order valence-corrected chi connectivity index (χ2v) is 6.31. The monoisotopic (exact) mass is 310 g/mol. The minimum Gasteiger partial charge on any atom is -0.356 e. The average Bonchev–Trinajstić information content (AvgIpc) is 2.95. The minimum atomic E-state index is 0.0792. The zero-order valence-corrected chi connectivity index (χ0v) is 13.1. The van der Waals surface area contributed by atoms with Gasteiger partial charge in [-0.1, -0.05) is 42.5 Å². The summed E-state index contributed by atoms with van der Waals surface area (Å²) in [5.74, 6) is 0.0792. The molecule has 0 atom stereocenters. The maximum Gasteiger partial charge on any atom is 0.224 e. The van der Waals surface area contributed by atoms with Gasteiger partial charge in [0.1, 0.15) is 0 Å². The van der Waals surface area contributed by atoms with E-state index < -0.39 is 0 Å². The maximum atomic E-state index is 11.8. The first-order valence-corrected chi connectivity index (χ1v) is 8.28. The smallest absolute Gasteiger partial charge is 0.224 e. The summed E-state index contributed by atoms with van der Waals surface area (Å²) in [7, 11) is 0. The average molecular weight is 310 g/mol. The normalized spacial score (nSPS) is 10.7. The molecule has 0 fully saturated rings. The van der Waals surface area contributed by atoms with Crippen LogP contribution in [0.5, 0.6) is 0 Å². The Morgan fingerprint density at radius 2 is 1.82 bits per heavy atom.